The number of nitrogens with zero attached hydrogens (tertiary/aromatic N) is 1. The predicted molar refractivity (Wildman–Crippen MR) is 84.9 cm³/mol. The van der Waals surface area contributed by atoms with E-state index < -0.39 is 5.54 Å². The minimum Gasteiger partial charge on any atom is -0.393 e. The van der Waals surface area contributed by atoms with Gasteiger partial charge in [-0.15, -0.1) is 0 Å². The molecule has 21 heavy (non-hydrogen) atoms. The van der Waals surface area contributed by atoms with Crippen molar-refractivity contribution >= 4 is 29.1 Å². The molecule has 112 valence electrons. The average molecular weight is 305 g/mol. The molecule has 1 aromatic rings. The molecule has 1 saturated heterocycles. The number of hydrogen-bond donors (Lipinski definition) is 2. The highest BCUT2D eigenvalue weighted by Crippen LogP contribution is 2.25. The van der Waals surface area contributed by atoms with Crippen LogP contribution in [0.3, 0.4) is 0 Å². The molecule has 0 aliphatic carbocycles. The first-order chi connectivity index (χ1) is 9.89. The van der Waals surface area contributed by atoms with E-state index >= 15 is 0 Å². The molecular weight excluding hydrogens is 286 g/mol. The molecule has 0 radical (unpaired) electrons. The summed E-state index contributed by atoms with van der Waals surface area (Å²) in [4.78, 5) is 26.0. The highest BCUT2D eigenvalue weighted by molar-refractivity contribution is 7.80. The Morgan fingerprint density at radius 1 is 1.38 bits per heavy atom. The van der Waals surface area contributed by atoms with Crippen LogP contribution in [0, 0.1) is 0 Å². The molecule has 1 heterocycles. The van der Waals surface area contributed by atoms with Gasteiger partial charge in [-0.1, -0.05) is 49.5 Å². The minimum absolute atomic E-state index is 0.166. The second kappa shape index (κ2) is 5.81. The quantitative estimate of drug-likeness (QED) is 0.642. The molecule has 2 rings (SSSR count). The van der Waals surface area contributed by atoms with Crippen LogP contribution in [-0.4, -0.2) is 33.9 Å². The number of hydrogen-bond acceptors (Lipinski definition) is 3. The van der Waals surface area contributed by atoms with Gasteiger partial charge in [0.25, 0.3) is 5.91 Å². The Bertz CT molecular complexity index is 576. The van der Waals surface area contributed by atoms with Gasteiger partial charge in [0.1, 0.15) is 5.54 Å². The first-order valence-corrected chi connectivity index (χ1v) is 7.28. The van der Waals surface area contributed by atoms with Crippen LogP contribution in [0.15, 0.2) is 30.3 Å². The topological polar surface area (TPSA) is 75.4 Å². The SMILES string of the molecule is CCC1(C)NC(=O)N(CC(C(N)=S)c2ccccc2)C1=O. The van der Waals surface area contributed by atoms with Gasteiger partial charge in [0.2, 0.25) is 0 Å². The van der Waals surface area contributed by atoms with Crippen LogP contribution >= 0.6 is 12.2 Å². The largest absolute Gasteiger partial charge is 0.393 e. The molecule has 0 aromatic heterocycles. The molecule has 0 saturated carbocycles. The molecule has 2 unspecified atom stereocenters. The van der Waals surface area contributed by atoms with E-state index in [-0.39, 0.29) is 29.4 Å². The number of amides is 3. The van der Waals surface area contributed by atoms with Crippen LogP contribution < -0.4 is 11.1 Å². The first-order valence-electron chi connectivity index (χ1n) is 6.87. The van der Waals surface area contributed by atoms with E-state index in [1.807, 2.05) is 37.3 Å². The van der Waals surface area contributed by atoms with Crippen molar-refractivity contribution in [1.29, 1.82) is 0 Å². The van der Waals surface area contributed by atoms with E-state index in [4.69, 9.17) is 18.0 Å². The molecule has 1 fully saturated rings. The van der Waals surface area contributed by atoms with Crippen LogP contribution in [0.5, 0.6) is 0 Å². The van der Waals surface area contributed by atoms with E-state index in [0.29, 0.717) is 6.42 Å². The minimum atomic E-state index is -0.839. The second-order valence-corrected chi connectivity index (χ2v) is 5.87. The molecule has 1 aliphatic rings. The number of imide groups is 1. The fourth-order valence-corrected chi connectivity index (χ4v) is 2.59. The Labute approximate surface area is 129 Å². The molecule has 0 spiro atoms. The van der Waals surface area contributed by atoms with Gasteiger partial charge in [-0.25, -0.2) is 4.79 Å². The van der Waals surface area contributed by atoms with Crippen molar-refractivity contribution in [3.05, 3.63) is 35.9 Å². The molecule has 3 N–H and O–H groups in total. The summed E-state index contributed by atoms with van der Waals surface area (Å²) in [6, 6.07) is 9.04. The molecule has 6 heteroatoms. The summed E-state index contributed by atoms with van der Waals surface area (Å²) in [5.41, 5.74) is 5.86. The normalized spacial score (nSPS) is 23.0. The maximum Gasteiger partial charge on any atom is 0.325 e. The molecule has 1 aliphatic heterocycles. The van der Waals surface area contributed by atoms with Crippen LogP contribution in [0.2, 0.25) is 0 Å². The lowest BCUT2D eigenvalue weighted by atomic mass is 9.96. The number of nitrogens with two attached hydrogens (primary N) is 1. The van der Waals surface area contributed by atoms with Gasteiger partial charge in [0.05, 0.1) is 10.9 Å². The van der Waals surface area contributed by atoms with Crippen molar-refractivity contribution in [2.75, 3.05) is 6.54 Å². The van der Waals surface area contributed by atoms with Crippen molar-refractivity contribution in [3.8, 4) is 0 Å². The van der Waals surface area contributed by atoms with Crippen LogP contribution in [-0.2, 0) is 4.79 Å². The number of benzene rings is 1. The number of urea groups is 1. The van der Waals surface area contributed by atoms with Gasteiger partial charge >= 0.3 is 6.03 Å². The van der Waals surface area contributed by atoms with Crippen LogP contribution in [0.4, 0.5) is 4.79 Å². The number of rotatable bonds is 5. The summed E-state index contributed by atoms with van der Waals surface area (Å²) in [6.45, 7) is 3.76. The van der Waals surface area contributed by atoms with Crippen molar-refractivity contribution in [1.82, 2.24) is 10.2 Å². The summed E-state index contributed by atoms with van der Waals surface area (Å²) >= 11 is 5.10. The van der Waals surface area contributed by atoms with Crippen LogP contribution in [0.1, 0.15) is 31.7 Å². The molecular formula is C15H19N3O2S. The maximum absolute atomic E-state index is 12.4. The maximum atomic E-state index is 12.4. The predicted octanol–water partition coefficient (Wildman–Crippen LogP) is 1.78. The highest BCUT2D eigenvalue weighted by atomic mass is 32.1. The number of thiocarbonyl (C=S) groups is 1. The highest BCUT2D eigenvalue weighted by Gasteiger charge is 2.47. The van der Waals surface area contributed by atoms with Crippen molar-refractivity contribution in [2.45, 2.75) is 31.7 Å². The van der Waals surface area contributed by atoms with Gasteiger partial charge in [-0.05, 0) is 18.9 Å². The van der Waals surface area contributed by atoms with Gasteiger partial charge in [0, 0.05) is 6.54 Å². The van der Waals surface area contributed by atoms with E-state index in [2.05, 4.69) is 5.32 Å². The van der Waals surface area contributed by atoms with Crippen molar-refractivity contribution in [2.24, 2.45) is 5.73 Å². The third-order valence-corrected chi connectivity index (χ3v) is 4.25. The van der Waals surface area contributed by atoms with E-state index in [0.717, 1.165) is 5.56 Å². The first kappa shape index (κ1) is 15.4. The number of nitrogens with one attached hydrogen (secondary N) is 1. The number of carbonyl (C=O) groups excluding carboxylic acids is 2. The zero-order chi connectivity index (χ0) is 15.6. The summed E-state index contributed by atoms with van der Waals surface area (Å²) < 4.78 is 0. The summed E-state index contributed by atoms with van der Waals surface area (Å²) in [6.07, 6.45) is 0.539. The lowest BCUT2D eigenvalue weighted by Crippen LogP contribution is -2.43. The summed E-state index contributed by atoms with van der Waals surface area (Å²) in [5.74, 6) is -0.567. The Hall–Kier alpha value is -1.95. The van der Waals surface area contributed by atoms with Gasteiger partial charge in [0.15, 0.2) is 0 Å². The third-order valence-electron chi connectivity index (χ3n) is 3.96. The standard InChI is InChI=1S/C15H19N3O2S/c1-3-15(2)13(19)18(14(20)17-15)9-11(12(16)21)10-7-5-4-6-8-10/h4-8,11H,3,9H2,1-2H3,(H2,16,21)(H,17,20). The van der Waals surface area contributed by atoms with Gasteiger partial charge in [-0.3, -0.25) is 9.69 Å². The number of carbonyl (C=O) groups is 2. The molecule has 5 nitrogen and oxygen atoms in total. The molecule has 1 aromatic carbocycles. The third kappa shape index (κ3) is 2.90. The van der Waals surface area contributed by atoms with E-state index in [1.54, 1.807) is 6.92 Å². The Balaban J connectivity index is 2.25. The fraction of sp³-hybridized carbons (Fsp3) is 0.400. The Kier molecular flexibility index (Phi) is 4.27. The molecule has 3 amide bonds. The van der Waals surface area contributed by atoms with Crippen molar-refractivity contribution in [3.63, 3.8) is 0 Å². The van der Waals surface area contributed by atoms with Crippen LogP contribution in [0.25, 0.3) is 0 Å². The smallest absolute Gasteiger partial charge is 0.325 e. The van der Waals surface area contributed by atoms with Crippen molar-refractivity contribution < 1.29 is 9.59 Å². The Morgan fingerprint density at radius 3 is 2.48 bits per heavy atom. The fourth-order valence-electron chi connectivity index (χ4n) is 2.38. The zero-order valence-electron chi connectivity index (χ0n) is 12.1. The van der Waals surface area contributed by atoms with E-state index in [9.17, 15) is 9.59 Å². The van der Waals surface area contributed by atoms with E-state index in [1.165, 1.54) is 4.90 Å². The second-order valence-electron chi connectivity index (χ2n) is 5.40. The Morgan fingerprint density at radius 2 is 2.00 bits per heavy atom. The molecule has 0 bridgehead atoms. The zero-order valence-corrected chi connectivity index (χ0v) is 12.9. The summed E-state index contributed by atoms with van der Waals surface area (Å²) in [5, 5.41) is 2.73. The monoisotopic (exact) mass is 305 g/mol. The average Bonchev–Trinajstić information content (AvgIpc) is 2.68. The van der Waals surface area contributed by atoms with Gasteiger partial charge in [-0.2, -0.15) is 0 Å². The summed E-state index contributed by atoms with van der Waals surface area (Å²) in [7, 11) is 0. The van der Waals surface area contributed by atoms with Gasteiger partial charge < -0.3 is 11.1 Å². The lowest BCUT2D eigenvalue weighted by molar-refractivity contribution is -0.130. The lowest BCUT2D eigenvalue weighted by Gasteiger charge is -2.23. The molecule has 2 atom stereocenters.